The molecule has 4 nitrogen and oxygen atoms in total. The number of hydrogen-bond donors (Lipinski definition) is 0. The Balaban J connectivity index is 1.50. The topological polar surface area (TPSA) is 42.7 Å². The molecule has 5 heteroatoms. The molecule has 0 fully saturated rings. The van der Waals surface area contributed by atoms with Crippen molar-refractivity contribution in [3.8, 4) is 5.75 Å². The Morgan fingerprint density at radius 3 is 2.48 bits per heavy atom. The van der Waals surface area contributed by atoms with Crippen LogP contribution in [0, 0.1) is 6.92 Å². The maximum absolute atomic E-state index is 13.0. The third-order valence-corrected chi connectivity index (χ3v) is 6.76. The third-order valence-electron chi connectivity index (χ3n) is 6.48. The molecule has 3 aromatic carbocycles. The largest absolute Gasteiger partial charge is 0.476 e. The number of hydrogen-bond acceptors (Lipinski definition) is 4. The Labute approximate surface area is 198 Å². The zero-order chi connectivity index (χ0) is 22.9. The third kappa shape index (κ3) is 4.29. The lowest BCUT2D eigenvalue weighted by Crippen LogP contribution is -2.35. The van der Waals surface area contributed by atoms with Gasteiger partial charge in [0.2, 0.25) is 0 Å². The second kappa shape index (κ2) is 9.05. The first kappa shape index (κ1) is 21.7. The summed E-state index contributed by atoms with van der Waals surface area (Å²) in [4.78, 5) is 15.2. The van der Waals surface area contributed by atoms with Gasteiger partial charge in [0.1, 0.15) is 18.1 Å². The molecule has 33 heavy (non-hydrogen) atoms. The quantitative estimate of drug-likeness (QED) is 0.328. The first-order chi connectivity index (χ1) is 16.0. The van der Waals surface area contributed by atoms with Crippen molar-refractivity contribution in [1.82, 2.24) is 4.90 Å². The summed E-state index contributed by atoms with van der Waals surface area (Å²) in [7, 11) is 0. The van der Waals surface area contributed by atoms with Gasteiger partial charge in [-0.1, -0.05) is 79.2 Å². The molecule has 0 bridgehead atoms. The molecular formula is C28H26ClNO3. The standard InChI is InChI=1S/C28H26ClNO3/c1-18(21-11-7-4-8-12-21)15-30-16-24-26-22(14-25(29)27(24)32-17-30)19(2)23(28(31)33-26)13-20-9-5-3-6-10-20/h3-12,14,18H,13,15-17H2,1-2H3. The number of rotatable bonds is 5. The maximum Gasteiger partial charge on any atom is 0.340 e. The van der Waals surface area contributed by atoms with Crippen LogP contribution in [0.15, 0.2) is 75.9 Å². The Kier molecular flexibility index (Phi) is 5.96. The monoisotopic (exact) mass is 459 g/mol. The number of benzene rings is 3. The van der Waals surface area contributed by atoms with Crippen LogP contribution in [-0.2, 0) is 13.0 Å². The first-order valence-corrected chi connectivity index (χ1v) is 11.6. The highest BCUT2D eigenvalue weighted by Crippen LogP contribution is 2.40. The van der Waals surface area contributed by atoms with Gasteiger partial charge in [-0.05, 0) is 35.6 Å². The predicted molar refractivity (Wildman–Crippen MR) is 132 cm³/mol. The van der Waals surface area contributed by atoms with Crippen LogP contribution in [0.1, 0.15) is 40.7 Å². The molecule has 1 atom stereocenters. The van der Waals surface area contributed by atoms with Gasteiger partial charge in [0.25, 0.3) is 0 Å². The number of halogens is 1. The molecule has 168 valence electrons. The van der Waals surface area contributed by atoms with Gasteiger partial charge in [0.05, 0.1) is 10.6 Å². The molecule has 4 aromatic rings. The molecule has 0 amide bonds. The highest BCUT2D eigenvalue weighted by molar-refractivity contribution is 6.33. The van der Waals surface area contributed by atoms with E-state index >= 15 is 0 Å². The second-order valence-corrected chi connectivity index (χ2v) is 9.20. The number of fused-ring (bicyclic) bond motifs is 3. The molecule has 2 heterocycles. The highest BCUT2D eigenvalue weighted by atomic mass is 35.5. The summed E-state index contributed by atoms with van der Waals surface area (Å²) in [5.74, 6) is 0.958. The van der Waals surface area contributed by atoms with Crippen molar-refractivity contribution >= 4 is 22.6 Å². The summed E-state index contributed by atoms with van der Waals surface area (Å²) in [6.07, 6.45) is 0.525. The zero-order valence-corrected chi connectivity index (χ0v) is 19.6. The number of nitrogens with zero attached hydrogens (tertiary/aromatic N) is 1. The van der Waals surface area contributed by atoms with Gasteiger partial charge in [0, 0.05) is 30.5 Å². The van der Waals surface area contributed by atoms with E-state index in [4.69, 9.17) is 20.8 Å². The number of aryl methyl sites for hydroxylation is 1. The van der Waals surface area contributed by atoms with Crippen molar-refractivity contribution in [2.24, 2.45) is 0 Å². The van der Waals surface area contributed by atoms with Crippen molar-refractivity contribution in [2.75, 3.05) is 13.3 Å². The van der Waals surface area contributed by atoms with Gasteiger partial charge in [-0.25, -0.2) is 4.79 Å². The van der Waals surface area contributed by atoms with Crippen LogP contribution >= 0.6 is 11.6 Å². The van der Waals surface area contributed by atoms with Crippen LogP contribution in [0.25, 0.3) is 11.0 Å². The molecule has 0 saturated carbocycles. The highest BCUT2D eigenvalue weighted by Gasteiger charge is 2.27. The van der Waals surface area contributed by atoms with Crippen molar-refractivity contribution in [3.05, 3.63) is 110 Å². The molecule has 1 aromatic heterocycles. The van der Waals surface area contributed by atoms with E-state index in [-0.39, 0.29) is 5.63 Å². The number of ether oxygens (including phenoxy) is 1. The van der Waals surface area contributed by atoms with E-state index in [2.05, 4.69) is 36.1 Å². The zero-order valence-electron chi connectivity index (χ0n) is 18.8. The fourth-order valence-corrected chi connectivity index (χ4v) is 4.93. The predicted octanol–water partition coefficient (Wildman–Crippen LogP) is 6.30. The first-order valence-electron chi connectivity index (χ1n) is 11.2. The minimum atomic E-state index is -0.303. The van der Waals surface area contributed by atoms with Gasteiger partial charge >= 0.3 is 5.63 Å². The van der Waals surface area contributed by atoms with Crippen molar-refractivity contribution in [2.45, 2.75) is 32.7 Å². The lowest BCUT2D eigenvalue weighted by atomic mass is 9.97. The van der Waals surface area contributed by atoms with E-state index in [1.807, 2.05) is 49.4 Å². The van der Waals surface area contributed by atoms with E-state index in [1.54, 1.807) is 0 Å². The SMILES string of the molecule is Cc1c(Cc2ccccc2)c(=O)oc2c3c(c(Cl)cc12)OCN(CC(C)c1ccccc1)C3. The van der Waals surface area contributed by atoms with E-state index < -0.39 is 0 Å². The van der Waals surface area contributed by atoms with Gasteiger partial charge in [-0.3, -0.25) is 4.90 Å². The molecule has 0 radical (unpaired) electrons. The molecule has 0 spiro atoms. The fraction of sp³-hybridized carbons (Fsp3) is 0.250. The summed E-state index contributed by atoms with van der Waals surface area (Å²) in [5, 5.41) is 1.42. The van der Waals surface area contributed by atoms with Crippen molar-refractivity contribution in [3.63, 3.8) is 0 Å². The van der Waals surface area contributed by atoms with Gasteiger partial charge < -0.3 is 9.15 Å². The van der Waals surface area contributed by atoms with Gasteiger partial charge in [-0.2, -0.15) is 0 Å². The molecule has 5 rings (SSSR count). The molecule has 0 saturated heterocycles. The summed E-state index contributed by atoms with van der Waals surface area (Å²) in [5.41, 5.74) is 5.04. The Bertz CT molecular complexity index is 1350. The maximum atomic E-state index is 13.0. The molecule has 0 N–H and O–H groups in total. The van der Waals surface area contributed by atoms with Crippen molar-refractivity contribution in [1.29, 1.82) is 0 Å². The average molecular weight is 460 g/mol. The summed E-state index contributed by atoms with van der Waals surface area (Å²) < 4.78 is 12.0. The smallest absolute Gasteiger partial charge is 0.340 e. The summed E-state index contributed by atoms with van der Waals surface area (Å²) >= 11 is 6.63. The fourth-order valence-electron chi connectivity index (χ4n) is 4.65. The Morgan fingerprint density at radius 2 is 1.76 bits per heavy atom. The molecule has 1 aliphatic rings. The lowest BCUT2D eigenvalue weighted by Gasteiger charge is -2.32. The lowest BCUT2D eigenvalue weighted by molar-refractivity contribution is 0.0910. The molecule has 1 aliphatic heterocycles. The summed E-state index contributed by atoms with van der Waals surface area (Å²) in [6.45, 7) is 6.07. The molecule has 0 aliphatic carbocycles. The Morgan fingerprint density at radius 1 is 1.06 bits per heavy atom. The van der Waals surface area contributed by atoms with E-state index in [9.17, 15) is 4.79 Å². The summed E-state index contributed by atoms with van der Waals surface area (Å²) in [6, 6.07) is 22.3. The van der Waals surface area contributed by atoms with E-state index in [0.717, 1.165) is 28.6 Å². The van der Waals surface area contributed by atoms with Crippen LogP contribution in [-0.4, -0.2) is 18.2 Å². The molecular weight excluding hydrogens is 434 g/mol. The Hall–Kier alpha value is -3.08. The van der Waals surface area contributed by atoms with Crippen LogP contribution in [0.3, 0.4) is 0 Å². The molecule has 1 unspecified atom stereocenters. The average Bonchev–Trinajstić information content (AvgIpc) is 2.84. The van der Waals surface area contributed by atoms with Crippen LogP contribution in [0.5, 0.6) is 5.75 Å². The van der Waals surface area contributed by atoms with Crippen LogP contribution in [0.2, 0.25) is 5.02 Å². The minimum Gasteiger partial charge on any atom is -0.476 e. The van der Waals surface area contributed by atoms with Crippen LogP contribution in [0.4, 0.5) is 0 Å². The minimum absolute atomic E-state index is 0.303. The van der Waals surface area contributed by atoms with Crippen molar-refractivity contribution < 1.29 is 9.15 Å². The van der Waals surface area contributed by atoms with E-state index in [1.165, 1.54) is 5.56 Å². The van der Waals surface area contributed by atoms with Gasteiger partial charge in [-0.15, -0.1) is 0 Å². The second-order valence-electron chi connectivity index (χ2n) is 8.79. The van der Waals surface area contributed by atoms with Gasteiger partial charge in [0.15, 0.2) is 0 Å². The normalized spacial score (nSPS) is 14.6. The van der Waals surface area contributed by atoms with Crippen LogP contribution < -0.4 is 10.4 Å². The van der Waals surface area contributed by atoms with E-state index in [0.29, 0.717) is 47.5 Å².